The molecular formula is C13H19ClFNO. The highest BCUT2D eigenvalue weighted by Gasteiger charge is 2.23. The van der Waals surface area contributed by atoms with Gasteiger partial charge in [0.2, 0.25) is 0 Å². The summed E-state index contributed by atoms with van der Waals surface area (Å²) in [6, 6.07) is 4.20. The van der Waals surface area contributed by atoms with Crippen LogP contribution in [0.1, 0.15) is 31.9 Å². The minimum Gasteiger partial charge on any atom is -0.388 e. The van der Waals surface area contributed by atoms with Crippen LogP contribution < -0.4 is 5.73 Å². The van der Waals surface area contributed by atoms with Crippen LogP contribution in [0.5, 0.6) is 0 Å². The van der Waals surface area contributed by atoms with Gasteiger partial charge >= 0.3 is 0 Å². The predicted octanol–water partition coefficient (Wildman–Crippen LogP) is 3.13. The van der Waals surface area contributed by atoms with Crippen molar-refractivity contribution in [3.05, 3.63) is 34.6 Å². The Hall–Kier alpha value is -0.640. The van der Waals surface area contributed by atoms with Crippen molar-refractivity contribution < 1.29 is 9.50 Å². The van der Waals surface area contributed by atoms with E-state index in [-0.39, 0.29) is 11.5 Å². The van der Waals surface area contributed by atoms with Gasteiger partial charge in [-0.3, -0.25) is 0 Å². The number of hydrogen-bond donors (Lipinski definition) is 2. The fourth-order valence-electron chi connectivity index (χ4n) is 1.95. The first kappa shape index (κ1) is 14.4. The Morgan fingerprint density at radius 3 is 2.59 bits per heavy atom. The van der Waals surface area contributed by atoms with Crippen molar-refractivity contribution in [3.63, 3.8) is 0 Å². The molecule has 0 spiro atoms. The third-order valence-electron chi connectivity index (χ3n) is 2.80. The van der Waals surface area contributed by atoms with Gasteiger partial charge in [0.25, 0.3) is 0 Å². The Morgan fingerprint density at radius 1 is 1.41 bits per heavy atom. The third kappa shape index (κ3) is 3.95. The van der Waals surface area contributed by atoms with Crippen LogP contribution in [0.4, 0.5) is 4.39 Å². The van der Waals surface area contributed by atoms with Crippen molar-refractivity contribution in [1.29, 1.82) is 0 Å². The van der Waals surface area contributed by atoms with E-state index < -0.39 is 11.9 Å². The third-order valence-corrected chi connectivity index (χ3v) is 3.04. The summed E-state index contributed by atoms with van der Waals surface area (Å²) in [5.74, 6) is -0.187. The van der Waals surface area contributed by atoms with Gasteiger partial charge in [0.1, 0.15) is 5.82 Å². The Labute approximate surface area is 107 Å². The molecule has 4 heteroatoms. The zero-order valence-electron chi connectivity index (χ0n) is 10.2. The number of halogens is 2. The molecule has 1 rings (SSSR count). The van der Waals surface area contributed by atoms with Crippen LogP contribution in [-0.2, 0) is 0 Å². The summed E-state index contributed by atoms with van der Waals surface area (Å²) in [5, 5.41) is 10.6. The van der Waals surface area contributed by atoms with Crippen molar-refractivity contribution in [3.8, 4) is 0 Å². The molecule has 3 N–H and O–H groups in total. The van der Waals surface area contributed by atoms with Crippen molar-refractivity contribution in [2.75, 3.05) is 6.54 Å². The Balaban J connectivity index is 2.92. The summed E-state index contributed by atoms with van der Waals surface area (Å²) >= 11 is 5.81. The number of nitrogens with two attached hydrogens (primary N) is 1. The maximum absolute atomic E-state index is 13.6. The van der Waals surface area contributed by atoms with Crippen LogP contribution in [0.15, 0.2) is 18.2 Å². The molecule has 2 nitrogen and oxygen atoms in total. The quantitative estimate of drug-likeness (QED) is 0.853. The van der Waals surface area contributed by atoms with Gasteiger partial charge in [-0.2, -0.15) is 0 Å². The normalized spacial score (nSPS) is 15.0. The molecule has 0 aromatic heterocycles. The molecule has 0 radical (unpaired) electrons. The van der Waals surface area contributed by atoms with E-state index in [9.17, 15) is 9.50 Å². The second kappa shape index (κ2) is 6.34. The molecule has 2 unspecified atom stereocenters. The lowest BCUT2D eigenvalue weighted by Crippen LogP contribution is -2.24. The summed E-state index contributed by atoms with van der Waals surface area (Å²) in [6.45, 7) is 4.42. The molecule has 17 heavy (non-hydrogen) atoms. The molecule has 1 aromatic rings. The molecule has 0 bridgehead atoms. The molecule has 2 atom stereocenters. The highest BCUT2D eigenvalue weighted by Crippen LogP contribution is 2.30. The predicted molar refractivity (Wildman–Crippen MR) is 68.4 cm³/mol. The minimum atomic E-state index is -0.902. The summed E-state index contributed by atoms with van der Waals surface area (Å²) in [6.07, 6.45) is -0.148. The van der Waals surface area contributed by atoms with E-state index in [1.165, 1.54) is 18.2 Å². The Kier molecular flexibility index (Phi) is 5.37. The van der Waals surface area contributed by atoms with E-state index >= 15 is 0 Å². The highest BCUT2D eigenvalue weighted by atomic mass is 35.5. The van der Waals surface area contributed by atoms with Gasteiger partial charge in [0.05, 0.1) is 6.10 Å². The molecule has 0 aliphatic heterocycles. The van der Waals surface area contributed by atoms with Crippen LogP contribution in [-0.4, -0.2) is 11.7 Å². The highest BCUT2D eigenvalue weighted by molar-refractivity contribution is 6.30. The molecule has 0 amide bonds. The molecule has 0 aliphatic rings. The van der Waals surface area contributed by atoms with Gasteiger partial charge in [-0.25, -0.2) is 4.39 Å². The first-order valence-corrected chi connectivity index (χ1v) is 6.16. The number of aliphatic hydroxyl groups is 1. The second-order valence-electron chi connectivity index (χ2n) is 4.74. The average Bonchev–Trinajstić information content (AvgIpc) is 2.28. The van der Waals surface area contributed by atoms with Crippen molar-refractivity contribution in [1.82, 2.24) is 0 Å². The van der Waals surface area contributed by atoms with Gasteiger partial charge < -0.3 is 10.8 Å². The Bertz CT molecular complexity index is 370. The molecule has 0 fully saturated rings. The molecule has 96 valence electrons. The topological polar surface area (TPSA) is 46.2 Å². The van der Waals surface area contributed by atoms with E-state index in [0.29, 0.717) is 17.5 Å². The molecule has 0 saturated heterocycles. The number of hydrogen-bond acceptors (Lipinski definition) is 2. The van der Waals surface area contributed by atoms with E-state index in [1.807, 2.05) is 13.8 Å². The second-order valence-corrected chi connectivity index (χ2v) is 5.17. The van der Waals surface area contributed by atoms with Crippen molar-refractivity contribution in [2.24, 2.45) is 17.6 Å². The number of benzene rings is 1. The largest absolute Gasteiger partial charge is 0.388 e. The molecule has 0 saturated carbocycles. The van der Waals surface area contributed by atoms with Crippen LogP contribution in [0, 0.1) is 17.7 Å². The summed E-state index contributed by atoms with van der Waals surface area (Å²) in [5.41, 5.74) is 5.86. The van der Waals surface area contributed by atoms with E-state index in [2.05, 4.69) is 0 Å². The molecule has 1 aromatic carbocycles. The number of aliphatic hydroxyl groups excluding tert-OH is 1. The minimum absolute atomic E-state index is 0.150. The first-order valence-electron chi connectivity index (χ1n) is 5.78. The summed E-state index contributed by atoms with van der Waals surface area (Å²) < 4.78 is 13.6. The SMILES string of the molecule is CC(C)CC(CN)C(O)c1cc(Cl)ccc1F. The van der Waals surface area contributed by atoms with E-state index in [4.69, 9.17) is 17.3 Å². The lowest BCUT2D eigenvalue weighted by molar-refractivity contribution is 0.0960. The summed E-state index contributed by atoms with van der Waals surface area (Å²) in [4.78, 5) is 0. The van der Waals surface area contributed by atoms with E-state index in [0.717, 1.165) is 6.42 Å². The van der Waals surface area contributed by atoms with Gasteiger partial charge in [0, 0.05) is 16.5 Å². The fraction of sp³-hybridized carbons (Fsp3) is 0.538. The standard InChI is InChI=1S/C13H19ClFNO/c1-8(2)5-9(7-16)13(17)11-6-10(14)3-4-12(11)15/h3-4,6,8-9,13,17H,5,7,16H2,1-2H3. The van der Waals surface area contributed by atoms with Crippen LogP contribution in [0.3, 0.4) is 0 Å². The zero-order valence-corrected chi connectivity index (χ0v) is 10.9. The van der Waals surface area contributed by atoms with Crippen LogP contribution in [0.2, 0.25) is 5.02 Å². The van der Waals surface area contributed by atoms with Crippen molar-refractivity contribution in [2.45, 2.75) is 26.4 Å². The zero-order chi connectivity index (χ0) is 13.0. The average molecular weight is 260 g/mol. The van der Waals surface area contributed by atoms with Gasteiger partial charge in [-0.05, 0) is 37.1 Å². The molecule has 0 aliphatic carbocycles. The first-order chi connectivity index (χ1) is 7.95. The molecular weight excluding hydrogens is 241 g/mol. The fourth-order valence-corrected chi connectivity index (χ4v) is 2.14. The Morgan fingerprint density at radius 2 is 2.06 bits per heavy atom. The van der Waals surface area contributed by atoms with Gasteiger partial charge in [0.15, 0.2) is 0 Å². The smallest absolute Gasteiger partial charge is 0.129 e. The van der Waals surface area contributed by atoms with Crippen LogP contribution >= 0.6 is 11.6 Å². The van der Waals surface area contributed by atoms with Gasteiger partial charge in [-0.1, -0.05) is 25.4 Å². The maximum atomic E-state index is 13.6. The monoisotopic (exact) mass is 259 g/mol. The van der Waals surface area contributed by atoms with E-state index in [1.54, 1.807) is 0 Å². The lowest BCUT2D eigenvalue weighted by atomic mass is 9.88. The number of rotatable bonds is 5. The maximum Gasteiger partial charge on any atom is 0.129 e. The van der Waals surface area contributed by atoms with Crippen LogP contribution in [0.25, 0.3) is 0 Å². The van der Waals surface area contributed by atoms with Gasteiger partial charge in [-0.15, -0.1) is 0 Å². The summed E-state index contributed by atoms with van der Waals surface area (Å²) in [7, 11) is 0. The lowest BCUT2D eigenvalue weighted by Gasteiger charge is -2.23. The van der Waals surface area contributed by atoms with Crippen molar-refractivity contribution >= 4 is 11.6 Å². The molecule has 0 heterocycles.